The summed E-state index contributed by atoms with van der Waals surface area (Å²) in [7, 11) is 0. The number of benzene rings is 2. The zero-order valence-electron chi connectivity index (χ0n) is 26.6. The van der Waals surface area contributed by atoms with Crippen molar-refractivity contribution in [1.82, 2.24) is 24.5 Å². The number of carboxylic acids is 1. The molecule has 0 aliphatic heterocycles. The normalized spacial score (nSPS) is 12.2. The molecule has 53 heavy (non-hydrogen) atoms. The molecule has 0 fully saturated rings. The van der Waals surface area contributed by atoms with Crippen LogP contribution in [0, 0.1) is 11.6 Å². The number of carbonyl (C=O) groups is 3. The number of alkyl halides is 6. The predicted molar refractivity (Wildman–Crippen MR) is 178 cm³/mol. The highest BCUT2D eigenvalue weighted by Gasteiger charge is 2.36. The van der Waals surface area contributed by atoms with Gasteiger partial charge in [-0.15, -0.1) is 0 Å². The maximum absolute atomic E-state index is 14.1. The Kier molecular flexibility index (Phi) is 12.9. The van der Waals surface area contributed by atoms with Crippen LogP contribution in [0.2, 0.25) is 0 Å². The van der Waals surface area contributed by atoms with Gasteiger partial charge >= 0.3 is 18.3 Å². The van der Waals surface area contributed by atoms with E-state index in [1.54, 1.807) is 18.2 Å². The monoisotopic (exact) mass is 878 g/mol. The van der Waals surface area contributed by atoms with Crippen LogP contribution in [0.15, 0.2) is 82.1 Å². The maximum Gasteiger partial charge on any atom is 0.435 e. The van der Waals surface area contributed by atoms with Crippen LogP contribution in [0.5, 0.6) is 0 Å². The zero-order valence-corrected chi connectivity index (χ0v) is 29.8. The highest BCUT2D eigenvalue weighted by molar-refractivity contribution is 9.10. The third-order valence-corrected chi connectivity index (χ3v) is 8.54. The van der Waals surface area contributed by atoms with Crippen molar-refractivity contribution in [2.45, 2.75) is 44.2 Å². The van der Waals surface area contributed by atoms with Crippen LogP contribution < -0.4 is 5.73 Å². The van der Waals surface area contributed by atoms with Gasteiger partial charge in [-0.25, -0.2) is 13.5 Å². The lowest BCUT2D eigenvalue weighted by atomic mass is 9.86. The Bertz CT molecular complexity index is 2130. The summed E-state index contributed by atoms with van der Waals surface area (Å²) in [5, 5.41) is 14.9. The first-order valence-electron chi connectivity index (χ1n) is 14.9. The van der Waals surface area contributed by atoms with Crippen molar-refractivity contribution in [2.24, 2.45) is 5.73 Å². The molecule has 0 spiro atoms. The average Bonchev–Trinajstić information content (AvgIpc) is 3.62. The summed E-state index contributed by atoms with van der Waals surface area (Å²) in [6.45, 7) is -1.07. The number of rotatable bonds is 11. The van der Waals surface area contributed by atoms with E-state index in [0.29, 0.717) is 27.1 Å². The fourth-order valence-electron chi connectivity index (χ4n) is 5.00. The Balaban J connectivity index is 0.000000376. The number of halogens is 10. The highest BCUT2D eigenvalue weighted by atomic mass is 79.9. The van der Waals surface area contributed by atoms with Crippen molar-refractivity contribution >= 4 is 49.5 Å². The Morgan fingerprint density at radius 1 is 0.811 bits per heavy atom. The number of Topliss-reactive ketones (excluding diaryl/α,β-unsaturated/α-hetero) is 1. The zero-order chi connectivity index (χ0) is 39.2. The summed E-state index contributed by atoms with van der Waals surface area (Å²) >= 11 is 5.78. The number of hydrogen-bond donors (Lipinski definition) is 2. The molecule has 5 aromatic rings. The van der Waals surface area contributed by atoms with E-state index in [9.17, 15) is 49.5 Å². The molecule has 5 rings (SSSR count). The Morgan fingerprint density at radius 3 is 1.94 bits per heavy atom. The number of pyridine rings is 1. The van der Waals surface area contributed by atoms with E-state index in [1.165, 1.54) is 36.5 Å². The largest absolute Gasteiger partial charge is 0.480 e. The van der Waals surface area contributed by atoms with Crippen LogP contribution in [0.25, 0.3) is 11.1 Å². The lowest BCUT2D eigenvalue weighted by molar-refractivity contribution is -0.143. The first-order chi connectivity index (χ1) is 24.7. The number of nitrogens with zero attached hydrogens (tertiary/aromatic N) is 5. The molecular formula is C33H24Br2F8N6O4. The number of primary amides is 1. The standard InChI is InChI=1S/C27H20BrF5N4O2.C6H4BrF3N2O2/c28-24-13-23(27(31,32)33)36-37(24)14-19(38)11-17(9-15-3-1-4-18(29)10-15)25-20(5-2-8-35-25)16-6-7-22(30)21(12-16)26(34)39;7-4-1-3(6(8,9)10)11-12(4)2-5(13)14/h1-8,10,12-13,17H,9,11,14H2,(H2,34,39);1H,2H2,(H,13,14)/t17-;/m1./s1. The number of ketones is 1. The molecule has 3 heterocycles. The van der Waals surface area contributed by atoms with E-state index >= 15 is 0 Å². The molecule has 2 aromatic carbocycles. The topological polar surface area (TPSA) is 146 Å². The van der Waals surface area contributed by atoms with E-state index in [2.05, 4.69) is 47.0 Å². The van der Waals surface area contributed by atoms with Gasteiger partial charge in [0.15, 0.2) is 17.2 Å². The molecule has 10 nitrogen and oxygen atoms in total. The molecule has 0 unspecified atom stereocenters. The highest BCUT2D eigenvalue weighted by Crippen LogP contribution is 2.34. The second-order valence-corrected chi connectivity index (χ2v) is 12.8. The van der Waals surface area contributed by atoms with Gasteiger partial charge in [0.1, 0.15) is 33.9 Å². The van der Waals surface area contributed by atoms with Gasteiger partial charge < -0.3 is 10.8 Å². The van der Waals surface area contributed by atoms with Gasteiger partial charge in [-0.2, -0.15) is 36.5 Å². The second-order valence-electron chi connectivity index (χ2n) is 11.2. The Morgan fingerprint density at radius 2 is 1.42 bits per heavy atom. The van der Waals surface area contributed by atoms with E-state index < -0.39 is 72.0 Å². The van der Waals surface area contributed by atoms with Crippen LogP contribution >= 0.6 is 31.9 Å². The van der Waals surface area contributed by atoms with Crippen molar-refractivity contribution in [1.29, 1.82) is 0 Å². The number of aromatic nitrogens is 5. The molecule has 20 heteroatoms. The fourth-order valence-corrected chi connectivity index (χ4v) is 5.85. The van der Waals surface area contributed by atoms with E-state index in [4.69, 9.17) is 10.8 Å². The molecular weight excluding hydrogens is 856 g/mol. The number of aliphatic carboxylic acids is 1. The summed E-state index contributed by atoms with van der Waals surface area (Å²) in [5.74, 6) is -4.62. The molecule has 0 saturated heterocycles. The number of hydrogen-bond acceptors (Lipinski definition) is 6. The number of carboxylic acid groups (broad SMARTS) is 1. The van der Waals surface area contributed by atoms with E-state index in [0.717, 1.165) is 22.9 Å². The minimum atomic E-state index is -4.68. The van der Waals surface area contributed by atoms with Crippen LogP contribution in [-0.2, 0) is 41.5 Å². The van der Waals surface area contributed by atoms with E-state index in [-0.39, 0.29) is 27.6 Å². The van der Waals surface area contributed by atoms with Crippen molar-refractivity contribution in [3.8, 4) is 11.1 Å². The van der Waals surface area contributed by atoms with Gasteiger partial charge in [-0.05, 0) is 79.7 Å². The fraction of sp³-hybridized carbons (Fsp3) is 0.212. The first kappa shape index (κ1) is 40.8. The van der Waals surface area contributed by atoms with Gasteiger partial charge in [0, 0.05) is 36.2 Å². The number of nitrogens with two attached hydrogens (primary N) is 1. The Hall–Kier alpha value is -4.98. The van der Waals surface area contributed by atoms with Crippen LogP contribution in [0.4, 0.5) is 35.1 Å². The smallest absolute Gasteiger partial charge is 0.435 e. The molecule has 280 valence electrons. The molecule has 0 saturated carbocycles. The minimum Gasteiger partial charge on any atom is -0.480 e. The van der Waals surface area contributed by atoms with Gasteiger partial charge in [0.25, 0.3) is 5.91 Å². The molecule has 0 aliphatic rings. The van der Waals surface area contributed by atoms with Gasteiger partial charge in [0.05, 0.1) is 11.3 Å². The predicted octanol–water partition coefficient (Wildman–Crippen LogP) is 7.84. The molecule has 3 aromatic heterocycles. The average molecular weight is 880 g/mol. The van der Waals surface area contributed by atoms with Crippen molar-refractivity contribution in [3.63, 3.8) is 0 Å². The number of amides is 1. The number of carbonyl (C=O) groups excluding carboxylic acids is 2. The lowest BCUT2D eigenvalue weighted by Gasteiger charge is -2.20. The molecule has 1 amide bonds. The van der Waals surface area contributed by atoms with E-state index in [1.807, 2.05) is 0 Å². The summed E-state index contributed by atoms with van der Waals surface area (Å²) < 4.78 is 105. The first-order valence-corrected chi connectivity index (χ1v) is 16.4. The lowest BCUT2D eigenvalue weighted by Crippen LogP contribution is -2.18. The molecule has 0 bridgehead atoms. The second kappa shape index (κ2) is 16.8. The molecule has 0 aliphatic carbocycles. The van der Waals surface area contributed by atoms with Crippen molar-refractivity contribution in [3.05, 3.63) is 122 Å². The van der Waals surface area contributed by atoms with Gasteiger partial charge in [0.2, 0.25) is 0 Å². The third kappa shape index (κ3) is 11.0. The van der Waals surface area contributed by atoms with Crippen LogP contribution in [0.3, 0.4) is 0 Å². The maximum atomic E-state index is 14.1. The molecule has 0 radical (unpaired) electrons. The summed E-state index contributed by atoms with van der Waals surface area (Å²) in [5.41, 5.74) is 4.55. The van der Waals surface area contributed by atoms with Crippen LogP contribution in [0.1, 0.15) is 45.3 Å². The van der Waals surface area contributed by atoms with Crippen molar-refractivity contribution in [2.75, 3.05) is 0 Å². The summed E-state index contributed by atoms with van der Waals surface area (Å²) in [6, 6.07) is 14.4. The van der Waals surface area contributed by atoms with Crippen LogP contribution in [-0.4, -0.2) is 47.3 Å². The summed E-state index contributed by atoms with van der Waals surface area (Å²) in [6.07, 6.45) is -7.78. The molecule has 3 N–H and O–H groups in total. The van der Waals surface area contributed by atoms with Gasteiger partial charge in [-0.3, -0.25) is 24.0 Å². The Labute approximate surface area is 310 Å². The summed E-state index contributed by atoms with van der Waals surface area (Å²) in [4.78, 5) is 39.5. The van der Waals surface area contributed by atoms with Gasteiger partial charge in [-0.1, -0.05) is 24.3 Å². The SMILES string of the molecule is NC(=O)c1cc(-c2cccnc2[C@@H](CC(=O)Cn2nc(C(F)(F)F)cc2Br)Cc2cccc(F)c2)ccc1F.O=C(O)Cn1nc(C(F)(F)F)cc1Br. The quantitative estimate of drug-likeness (QED) is 0.129. The minimum absolute atomic E-state index is 0.0197. The third-order valence-electron chi connectivity index (χ3n) is 7.27. The molecule has 1 atom stereocenters. The van der Waals surface area contributed by atoms with Crippen molar-refractivity contribution < 1.29 is 54.6 Å².